The third kappa shape index (κ3) is 5.16. The maximum Gasteiger partial charge on any atom is 0.264 e. The second-order valence-corrected chi connectivity index (χ2v) is 8.92. The van der Waals surface area contributed by atoms with Gasteiger partial charge in [-0.2, -0.15) is 0 Å². The molecule has 3 rings (SSSR count). The Bertz CT molecular complexity index is 1090. The van der Waals surface area contributed by atoms with Crippen LogP contribution in [0.1, 0.15) is 0 Å². The van der Waals surface area contributed by atoms with Crippen molar-refractivity contribution in [2.75, 3.05) is 23.3 Å². The van der Waals surface area contributed by atoms with Crippen LogP contribution >= 0.6 is 15.9 Å². The first-order valence-corrected chi connectivity index (χ1v) is 10.9. The van der Waals surface area contributed by atoms with E-state index in [1.165, 1.54) is 11.4 Å². The molecule has 1 amide bonds. The Labute approximate surface area is 178 Å². The molecule has 8 heteroatoms. The smallest absolute Gasteiger partial charge is 0.264 e. The molecular formula is C21H19BrN2O4S. The Balaban J connectivity index is 1.61. The molecule has 0 fully saturated rings. The molecule has 150 valence electrons. The van der Waals surface area contributed by atoms with Crippen molar-refractivity contribution in [1.82, 2.24) is 0 Å². The van der Waals surface area contributed by atoms with Crippen LogP contribution in [0.4, 0.5) is 11.4 Å². The number of ether oxygens (including phenoxy) is 1. The fraction of sp³-hybridized carbons (Fsp3) is 0.0952. The normalized spacial score (nSPS) is 11.0. The number of carbonyl (C=O) groups is 1. The van der Waals surface area contributed by atoms with Crippen LogP contribution in [-0.2, 0) is 14.8 Å². The highest BCUT2D eigenvalue weighted by atomic mass is 79.9. The van der Waals surface area contributed by atoms with Gasteiger partial charge in [-0.05, 0) is 64.5 Å². The summed E-state index contributed by atoms with van der Waals surface area (Å²) in [7, 11) is -2.16. The SMILES string of the molecule is CN(c1ccc(OCC(=O)Nc2ccccc2Br)cc1)S(=O)(=O)c1ccccc1. The molecule has 1 N–H and O–H groups in total. The van der Waals surface area contributed by atoms with Crippen LogP contribution < -0.4 is 14.4 Å². The molecule has 0 spiro atoms. The average molecular weight is 475 g/mol. The van der Waals surface area contributed by atoms with Crippen molar-refractivity contribution < 1.29 is 17.9 Å². The predicted octanol–water partition coefficient (Wildman–Crippen LogP) is 4.29. The number of rotatable bonds is 7. The molecule has 3 aromatic rings. The lowest BCUT2D eigenvalue weighted by atomic mass is 10.3. The highest BCUT2D eigenvalue weighted by molar-refractivity contribution is 9.10. The summed E-state index contributed by atoms with van der Waals surface area (Å²) in [6, 6.07) is 22.0. The molecule has 0 unspecified atom stereocenters. The number of para-hydroxylation sites is 1. The van der Waals surface area contributed by atoms with Gasteiger partial charge in [-0.25, -0.2) is 8.42 Å². The Morgan fingerprint density at radius 2 is 1.59 bits per heavy atom. The van der Waals surface area contributed by atoms with Gasteiger partial charge in [0.15, 0.2) is 6.61 Å². The Morgan fingerprint density at radius 3 is 2.24 bits per heavy atom. The molecule has 0 saturated heterocycles. The fourth-order valence-corrected chi connectivity index (χ4v) is 4.14. The molecule has 0 aromatic heterocycles. The first-order valence-electron chi connectivity index (χ1n) is 8.69. The van der Waals surface area contributed by atoms with E-state index < -0.39 is 10.0 Å². The first-order chi connectivity index (χ1) is 13.9. The van der Waals surface area contributed by atoms with Crippen LogP contribution in [-0.4, -0.2) is 28.0 Å². The lowest BCUT2D eigenvalue weighted by molar-refractivity contribution is -0.118. The van der Waals surface area contributed by atoms with Crippen LogP contribution in [0.5, 0.6) is 5.75 Å². The largest absolute Gasteiger partial charge is 0.484 e. The zero-order valence-corrected chi connectivity index (χ0v) is 18.0. The fourth-order valence-electron chi connectivity index (χ4n) is 2.54. The number of anilines is 2. The number of nitrogens with one attached hydrogen (secondary N) is 1. The molecule has 29 heavy (non-hydrogen) atoms. The lowest BCUT2D eigenvalue weighted by Gasteiger charge is -2.19. The molecule has 0 saturated carbocycles. The standard InChI is InChI=1S/C21H19BrN2O4S/c1-24(29(26,27)18-7-3-2-4-8-18)16-11-13-17(14-12-16)28-15-21(25)23-20-10-6-5-9-19(20)22/h2-14H,15H2,1H3,(H,23,25). The van der Waals surface area contributed by atoms with Gasteiger partial charge in [-0.3, -0.25) is 9.10 Å². The van der Waals surface area contributed by atoms with Gasteiger partial charge >= 0.3 is 0 Å². The minimum absolute atomic E-state index is 0.168. The second kappa shape index (κ2) is 9.11. The Hall–Kier alpha value is -2.84. The summed E-state index contributed by atoms with van der Waals surface area (Å²) in [6.07, 6.45) is 0. The van der Waals surface area contributed by atoms with E-state index in [0.29, 0.717) is 17.1 Å². The van der Waals surface area contributed by atoms with Crippen molar-refractivity contribution in [2.24, 2.45) is 0 Å². The van der Waals surface area contributed by atoms with Crippen LogP contribution in [0.15, 0.2) is 88.2 Å². The second-order valence-electron chi connectivity index (χ2n) is 6.10. The highest BCUT2D eigenvalue weighted by Gasteiger charge is 2.20. The predicted molar refractivity (Wildman–Crippen MR) is 117 cm³/mol. The third-order valence-electron chi connectivity index (χ3n) is 4.12. The number of amides is 1. The van der Waals surface area contributed by atoms with Gasteiger partial charge in [0.2, 0.25) is 0 Å². The summed E-state index contributed by atoms with van der Waals surface area (Å²) < 4.78 is 32.8. The molecule has 6 nitrogen and oxygen atoms in total. The van der Waals surface area contributed by atoms with Crippen molar-refractivity contribution >= 4 is 43.2 Å². The van der Waals surface area contributed by atoms with E-state index in [2.05, 4.69) is 21.2 Å². The topological polar surface area (TPSA) is 75.7 Å². The molecular weight excluding hydrogens is 456 g/mol. The van der Waals surface area contributed by atoms with Gasteiger partial charge in [-0.1, -0.05) is 30.3 Å². The number of halogens is 1. The molecule has 0 bridgehead atoms. The van der Waals surface area contributed by atoms with Crippen molar-refractivity contribution in [2.45, 2.75) is 4.90 Å². The van der Waals surface area contributed by atoms with Gasteiger partial charge in [0, 0.05) is 11.5 Å². The van der Waals surface area contributed by atoms with E-state index in [9.17, 15) is 13.2 Å². The lowest BCUT2D eigenvalue weighted by Crippen LogP contribution is -2.26. The van der Waals surface area contributed by atoms with E-state index in [1.807, 2.05) is 18.2 Å². The maximum atomic E-state index is 12.7. The third-order valence-corrected chi connectivity index (χ3v) is 6.61. The average Bonchev–Trinajstić information content (AvgIpc) is 2.74. The number of hydrogen-bond donors (Lipinski definition) is 1. The van der Waals surface area contributed by atoms with E-state index in [-0.39, 0.29) is 17.4 Å². The number of sulfonamides is 1. The molecule has 3 aromatic carbocycles. The van der Waals surface area contributed by atoms with Crippen LogP contribution in [0.25, 0.3) is 0 Å². The van der Waals surface area contributed by atoms with Crippen LogP contribution in [0.3, 0.4) is 0 Å². The summed E-state index contributed by atoms with van der Waals surface area (Å²) in [5.74, 6) is 0.159. The van der Waals surface area contributed by atoms with Crippen LogP contribution in [0.2, 0.25) is 0 Å². The van der Waals surface area contributed by atoms with Gasteiger partial charge in [0.05, 0.1) is 16.3 Å². The molecule has 0 radical (unpaired) electrons. The zero-order chi connectivity index (χ0) is 20.9. The van der Waals surface area contributed by atoms with E-state index in [1.54, 1.807) is 60.7 Å². The van der Waals surface area contributed by atoms with Crippen molar-refractivity contribution in [3.8, 4) is 5.75 Å². The molecule has 0 aliphatic heterocycles. The van der Waals surface area contributed by atoms with Gasteiger partial charge < -0.3 is 10.1 Å². The summed E-state index contributed by atoms with van der Waals surface area (Å²) in [6.45, 7) is -0.168. The van der Waals surface area contributed by atoms with Crippen molar-refractivity contribution in [1.29, 1.82) is 0 Å². The number of nitrogens with zero attached hydrogens (tertiary/aromatic N) is 1. The first kappa shape index (κ1) is 20.9. The molecule has 0 atom stereocenters. The quantitative estimate of drug-likeness (QED) is 0.553. The molecule has 0 heterocycles. The highest BCUT2D eigenvalue weighted by Crippen LogP contribution is 2.24. The number of carbonyl (C=O) groups excluding carboxylic acids is 1. The van der Waals surface area contributed by atoms with Gasteiger partial charge in [0.25, 0.3) is 15.9 Å². The van der Waals surface area contributed by atoms with Crippen molar-refractivity contribution in [3.05, 3.63) is 83.3 Å². The zero-order valence-electron chi connectivity index (χ0n) is 15.6. The maximum absolute atomic E-state index is 12.7. The number of benzene rings is 3. The Kier molecular flexibility index (Phi) is 6.56. The van der Waals surface area contributed by atoms with Gasteiger partial charge in [0.1, 0.15) is 5.75 Å². The van der Waals surface area contributed by atoms with E-state index >= 15 is 0 Å². The summed E-state index contributed by atoms with van der Waals surface area (Å²) in [5.41, 5.74) is 1.14. The van der Waals surface area contributed by atoms with Crippen molar-refractivity contribution in [3.63, 3.8) is 0 Å². The van der Waals surface area contributed by atoms with E-state index in [4.69, 9.17) is 4.74 Å². The van der Waals surface area contributed by atoms with Crippen LogP contribution in [0, 0.1) is 0 Å². The minimum atomic E-state index is -3.65. The monoisotopic (exact) mass is 474 g/mol. The molecule has 0 aliphatic carbocycles. The molecule has 0 aliphatic rings. The van der Waals surface area contributed by atoms with E-state index in [0.717, 1.165) is 4.47 Å². The minimum Gasteiger partial charge on any atom is -0.484 e. The Morgan fingerprint density at radius 1 is 0.966 bits per heavy atom. The van der Waals surface area contributed by atoms with Gasteiger partial charge in [-0.15, -0.1) is 0 Å². The summed E-state index contributed by atoms with van der Waals surface area (Å²) in [4.78, 5) is 12.3. The summed E-state index contributed by atoms with van der Waals surface area (Å²) >= 11 is 3.37. The summed E-state index contributed by atoms with van der Waals surface area (Å²) in [5, 5.41) is 2.75. The number of hydrogen-bond acceptors (Lipinski definition) is 4.